The van der Waals surface area contributed by atoms with Gasteiger partial charge in [0.05, 0.1) is 9.82 Å². The van der Waals surface area contributed by atoms with Crippen molar-refractivity contribution in [3.63, 3.8) is 0 Å². The Kier molecular flexibility index (Phi) is 4.89. The van der Waals surface area contributed by atoms with Gasteiger partial charge in [-0.15, -0.1) is 0 Å². The number of nitrogens with one attached hydrogen (secondary N) is 1. The van der Waals surface area contributed by atoms with Gasteiger partial charge < -0.3 is 5.32 Å². The summed E-state index contributed by atoms with van der Waals surface area (Å²) in [5.41, 5.74) is -0.408. The number of hydrogen-bond donors (Lipinski definition) is 1. The van der Waals surface area contributed by atoms with Crippen molar-refractivity contribution in [3.05, 3.63) is 28.3 Å². The maximum Gasteiger partial charge on any atom is 0.341 e. The monoisotopic (exact) mass is 376 g/mol. The second kappa shape index (κ2) is 6.81. The number of sulfone groups is 1. The van der Waals surface area contributed by atoms with Gasteiger partial charge in [-0.3, -0.25) is 19.9 Å². The average Bonchev–Trinajstić information content (AvgIpc) is 2.60. The summed E-state index contributed by atoms with van der Waals surface area (Å²) >= 11 is 0. The van der Waals surface area contributed by atoms with Crippen LogP contribution in [0.3, 0.4) is 0 Å². The van der Waals surface area contributed by atoms with Crippen LogP contribution in [0.2, 0.25) is 0 Å². The quantitative estimate of drug-likeness (QED) is 0.585. The molecule has 3 fully saturated rings. The number of alkyl halides is 2. The first-order valence-corrected chi connectivity index (χ1v) is 9.34. The van der Waals surface area contributed by atoms with Crippen molar-refractivity contribution in [3.8, 4) is 0 Å². The van der Waals surface area contributed by atoms with Gasteiger partial charge in [-0.1, -0.05) is 0 Å². The average molecular weight is 376 g/mol. The molecule has 3 heterocycles. The molecular weight excluding hydrogens is 358 g/mol. The van der Waals surface area contributed by atoms with E-state index in [0.29, 0.717) is 12.6 Å². The second-order valence-electron chi connectivity index (χ2n) is 6.11. The molecule has 0 amide bonds. The Labute approximate surface area is 143 Å². The van der Waals surface area contributed by atoms with Crippen molar-refractivity contribution in [2.75, 3.05) is 44.6 Å². The van der Waals surface area contributed by atoms with Crippen LogP contribution in [0.1, 0.15) is 0 Å². The zero-order chi connectivity index (χ0) is 18.2. The van der Waals surface area contributed by atoms with Gasteiger partial charge in [0.25, 0.3) is 5.69 Å². The molecule has 3 aliphatic heterocycles. The SMILES string of the molecule is O=[N+]([O-])c1cc(S(=O)(=O)C(F)F)ccc1NCC1CN2CCN1CC2. The van der Waals surface area contributed by atoms with Gasteiger partial charge >= 0.3 is 5.76 Å². The number of nitro benzene ring substituents is 1. The molecule has 0 aliphatic carbocycles. The number of anilines is 1. The number of piperazine rings is 3. The van der Waals surface area contributed by atoms with Gasteiger partial charge in [-0.2, -0.15) is 8.78 Å². The molecule has 138 valence electrons. The standard InChI is InChI=1S/C14H18F2N4O4S/c15-14(16)25(23,24)11-1-2-12(13(7-11)20(21)22)17-8-10-9-18-3-5-19(10)6-4-18/h1-2,7,10,14,17H,3-6,8-9H2. The van der Waals surface area contributed by atoms with E-state index in [1.165, 1.54) is 6.07 Å². The Hall–Kier alpha value is -1.85. The van der Waals surface area contributed by atoms with Crippen LogP contribution < -0.4 is 5.32 Å². The van der Waals surface area contributed by atoms with Crippen molar-refractivity contribution in [1.29, 1.82) is 0 Å². The third kappa shape index (κ3) is 3.58. The van der Waals surface area contributed by atoms with Crippen LogP contribution in [-0.4, -0.2) is 74.2 Å². The molecule has 3 aliphatic rings. The molecule has 1 atom stereocenters. The Morgan fingerprint density at radius 2 is 1.96 bits per heavy atom. The van der Waals surface area contributed by atoms with E-state index in [4.69, 9.17) is 0 Å². The van der Waals surface area contributed by atoms with E-state index < -0.39 is 31.1 Å². The smallest absolute Gasteiger partial charge is 0.341 e. The molecule has 1 unspecified atom stereocenters. The molecule has 4 rings (SSSR count). The fraction of sp³-hybridized carbons (Fsp3) is 0.571. The molecule has 11 heteroatoms. The summed E-state index contributed by atoms with van der Waals surface area (Å²) in [6.45, 7) is 5.23. The highest BCUT2D eigenvalue weighted by Gasteiger charge is 2.32. The van der Waals surface area contributed by atoms with Gasteiger partial charge in [0, 0.05) is 51.4 Å². The summed E-state index contributed by atoms with van der Waals surface area (Å²) in [6.07, 6.45) is 0. The highest BCUT2D eigenvalue weighted by atomic mass is 32.2. The van der Waals surface area contributed by atoms with Crippen molar-refractivity contribution in [2.24, 2.45) is 0 Å². The summed E-state index contributed by atoms with van der Waals surface area (Å²) in [5.74, 6) is -3.62. The first kappa shape index (κ1) is 18.0. The van der Waals surface area contributed by atoms with Gasteiger partial charge in [0.15, 0.2) is 0 Å². The third-order valence-electron chi connectivity index (χ3n) is 4.65. The van der Waals surface area contributed by atoms with Crippen LogP contribution in [0.4, 0.5) is 20.2 Å². The van der Waals surface area contributed by atoms with Crippen LogP contribution in [-0.2, 0) is 9.84 Å². The Bertz CT molecular complexity index is 766. The number of fused-ring (bicyclic) bond motifs is 3. The predicted molar refractivity (Wildman–Crippen MR) is 86.6 cm³/mol. The lowest BCUT2D eigenvalue weighted by atomic mass is 10.1. The zero-order valence-corrected chi connectivity index (χ0v) is 14.1. The number of rotatable bonds is 6. The molecule has 25 heavy (non-hydrogen) atoms. The van der Waals surface area contributed by atoms with E-state index in [1.54, 1.807) is 0 Å². The molecule has 0 saturated carbocycles. The lowest BCUT2D eigenvalue weighted by Crippen LogP contribution is -2.62. The molecule has 3 saturated heterocycles. The topological polar surface area (TPSA) is 95.8 Å². The summed E-state index contributed by atoms with van der Waals surface area (Å²) in [6, 6.07) is 3.02. The normalized spacial score (nSPS) is 26.0. The third-order valence-corrected chi connectivity index (χ3v) is 6.03. The van der Waals surface area contributed by atoms with Crippen LogP contribution in [0.25, 0.3) is 0 Å². The molecule has 0 spiro atoms. The molecule has 1 aromatic carbocycles. The molecule has 2 bridgehead atoms. The summed E-state index contributed by atoms with van der Waals surface area (Å²) in [4.78, 5) is 14.3. The van der Waals surface area contributed by atoms with E-state index >= 15 is 0 Å². The number of nitrogens with zero attached hydrogens (tertiary/aromatic N) is 3. The number of halogens is 2. The van der Waals surface area contributed by atoms with E-state index in [0.717, 1.165) is 38.8 Å². The zero-order valence-electron chi connectivity index (χ0n) is 13.3. The van der Waals surface area contributed by atoms with E-state index in [1.807, 2.05) is 0 Å². The summed E-state index contributed by atoms with van der Waals surface area (Å²) in [7, 11) is -4.87. The molecule has 1 aromatic rings. The van der Waals surface area contributed by atoms with Gasteiger partial charge in [0.1, 0.15) is 5.69 Å². The van der Waals surface area contributed by atoms with Crippen molar-refractivity contribution in [1.82, 2.24) is 9.80 Å². The Morgan fingerprint density at radius 1 is 1.28 bits per heavy atom. The van der Waals surface area contributed by atoms with Crippen LogP contribution >= 0.6 is 0 Å². The predicted octanol–water partition coefficient (Wildman–Crippen LogP) is 1.00. The first-order valence-electron chi connectivity index (χ1n) is 7.80. The fourth-order valence-corrected chi connectivity index (χ4v) is 3.98. The highest BCUT2D eigenvalue weighted by molar-refractivity contribution is 7.91. The van der Waals surface area contributed by atoms with Crippen LogP contribution in [0, 0.1) is 10.1 Å². The van der Waals surface area contributed by atoms with Gasteiger partial charge in [-0.05, 0) is 12.1 Å². The maximum atomic E-state index is 12.6. The molecule has 1 N–H and O–H groups in total. The summed E-state index contributed by atoms with van der Waals surface area (Å²) in [5, 5.41) is 14.2. The minimum atomic E-state index is -4.87. The molecule has 0 radical (unpaired) electrons. The van der Waals surface area contributed by atoms with Crippen LogP contribution in [0.15, 0.2) is 23.1 Å². The molecular formula is C14H18F2N4O4S. The lowest BCUT2D eigenvalue weighted by Gasteiger charge is -2.47. The van der Waals surface area contributed by atoms with E-state index in [-0.39, 0.29) is 11.7 Å². The summed E-state index contributed by atoms with van der Waals surface area (Å²) < 4.78 is 48.3. The van der Waals surface area contributed by atoms with E-state index in [2.05, 4.69) is 15.1 Å². The lowest BCUT2D eigenvalue weighted by molar-refractivity contribution is -0.384. The molecule has 0 aromatic heterocycles. The van der Waals surface area contributed by atoms with Crippen LogP contribution in [0.5, 0.6) is 0 Å². The van der Waals surface area contributed by atoms with Crippen molar-refractivity contribution >= 4 is 21.2 Å². The minimum Gasteiger partial charge on any atom is -0.378 e. The largest absolute Gasteiger partial charge is 0.378 e. The number of benzene rings is 1. The second-order valence-corrected chi connectivity index (χ2v) is 8.03. The first-order chi connectivity index (χ1) is 11.8. The Balaban J connectivity index is 1.78. The van der Waals surface area contributed by atoms with Crippen molar-refractivity contribution in [2.45, 2.75) is 16.7 Å². The minimum absolute atomic E-state index is 0.121. The maximum absolute atomic E-state index is 12.6. The van der Waals surface area contributed by atoms with E-state index in [9.17, 15) is 27.3 Å². The Morgan fingerprint density at radius 3 is 2.48 bits per heavy atom. The van der Waals surface area contributed by atoms with Crippen molar-refractivity contribution < 1.29 is 22.1 Å². The number of nitro groups is 1. The van der Waals surface area contributed by atoms with Gasteiger partial charge in [0.2, 0.25) is 9.84 Å². The number of hydrogen-bond acceptors (Lipinski definition) is 7. The van der Waals surface area contributed by atoms with Gasteiger partial charge in [-0.25, -0.2) is 8.42 Å². The fourth-order valence-electron chi connectivity index (χ4n) is 3.24. The molecule has 8 nitrogen and oxygen atoms in total. The highest BCUT2D eigenvalue weighted by Crippen LogP contribution is 2.30.